The topological polar surface area (TPSA) is 52.1 Å². The molecule has 2 N–H and O–H groups in total. The van der Waals surface area contributed by atoms with E-state index in [1.54, 1.807) is 7.11 Å². The average molecular weight is 402 g/mol. The quantitative estimate of drug-likeness (QED) is 0.517. The van der Waals surface area contributed by atoms with Crippen LogP contribution in [-0.4, -0.2) is 80.8 Å². The summed E-state index contributed by atoms with van der Waals surface area (Å²) in [6.07, 6.45) is 4.83. The Bertz CT molecular complexity index is 623. The minimum absolute atomic E-state index is 0.483. The number of benzene rings is 1. The molecule has 1 aromatic carbocycles. The van der Waals surface area contributed by atoms with Crippen molar-refractivity contribution in [3.63, 3.8) is 0 Å². The summed E-state index contributed by atoms with van der Waals surface area (Å²) < 4.78 is 5.25. The molecule has 3 atom stereocenters. The maximum Gasteiger partial charge on any atom is 0.191 e. The summed E-state index contributed by atoms with van der Waals surface area (Å²) in [4.78, 5) is 9.61. The van der Waals surface area contributed by atoms with Crippen molar-refractivity contribution in [2.24, 2.45) is 4.99 Å². The lowest BCUT2D eigenvalue weighted by molar-refractivity contribution is 0.134. The number of nitrogens with one attached hydrogen (secondary N) is 2. The van der Waals surface area contributed by atoms with Crippen LogP contribution in [0, 0.1) is 0 Å². The van der Waals surface area contributed by atoms with Crippen molar-refractivity contribution in [2.45, 2.75) is 57.3 Å². The van der Waals surface area contributed by atoms with Crippen LogP contribution < -0.4 is 10.6 Å². The van der Waals surface area contributed by atoms with Gasteiger partial charge in [-0.2, -0.15) is 0 Å². The van der Waals surface area contributed by atoms with E-state index in [9.17, 15) is 0 Å². The fourth-order valence-corrected chi connectivity index (χ4v) is 4.64. The minimum Gasteiger partial charge on any atom is -0.383 e. The molecule has 0 bridgehead atoms. The van der Waals surface area contributed by atoms with Crippen LogP contribution in [0.4, 0.5) is 0 Å². The van der Waals surface area contributed by atoms with Crippen molar-refractivity contribution < 1.29 is 4.74 Å². The van der Waals surface area contributed by atoms with Gasteiger partial charge in [-0.1, -0.05) is 30.3 Å². The molecule has 2 aliphatic heterocycles. The second-order valence-electron chi connectivity index (χ2n) is 8.45. The highest BCUT2D eigenvalue weighted by atomic mass is 16.5. The molecule has 0 aromatic heterocycles. The van der Waals surface area contributed by atoms with Crippen LogP contribution in [-0.2, 0) is 11.3 Å². The Labute approximate surface area is 176 Å². The zero-order valence-corrected chi connectivity index (χ0v) is 18.4. The lowest BCUT2D eigenvalue weighted by Gasteiger charge is -2.38. The first kappa shape index (κ1) is 22.1. The van der Waals surface area contributed by atoms with Gasteiger partial charge in [-0.25, -0.2) is 0 Å². The maximum atomic E-state index is 5.25. The lowest BCUT2D eigenvalue weighted by atomic mass is 9.97. The molecule has 3 unspecified atom stereocenters. The summed E-state index contributed by atoms with van der Waals surface area (Å²) in [7, 11) is 3.65. The molecule has 6 heteroatoms. The number of aliphatic imine (C=N–C) groups is 1. The van der Waals surface area contributed by atoms with Crippen molar-refractivity contribution in [1.82, 2.24) is 20.4 Å². The summed E-state index contributed by atoms with van der Waals surface area (Å²) in [5.74, 6) is 0.942. The van der Waals surface area contributed by atoms with Gasteiger partial charge in [0.2, 0.25) is 0 Å². The average Bonchev–Trinajstić information content (AvgIpc) is 3.19. The standard InChI is InChI=1S/C23H39N5O/c1-19-16-21(11-13-28(19)18-20-8-5-4-6-9-20)26-23(24-2)25-17-22-10-7-12-27(22)14-15-29-3/h4-6,8-9,19,21-22H,7,10-18H2,1-3H3,(H2,24,25,26). The van der Waals surface area contributed by atoms with Crippen LogP contribution in [0.5, 0.6) is 0 Å². The van der Waals surface area contributed by atoms with Gasteiger partial charge in [-0.3, -0.25) is 14.8 Å². The van der Waals surface area contributed by atoms with Gasteiger partial charge in [-0.15, -0.1) is 0 Å². The highest BCUT2D eigenvalue weighted by molar-refractivity contribution is 5.80. The number of piperidine rings is 1. The number of hydrogen-bond acceptors (Lipinski definition) is 4. The lowest BCUT2D eigenvalue weighted by Crippen LogP contribution is -2.52. The van der Waals surface area contributed by atoms with E-state index in [1.807, 2.05) is 7.05 Å². The summed E-state index contributed by atoms with van der Waals surface area (Å²) in [5, 5.41) is 7.25. The van der Waals surface area contributed by atoms with Crippen LogP contribution in [0.15, 0.2) is 35.3 Å². The highest BCUT2D eigenvalue weighted by Gasteiger charge is 2.27. The third-order valence-electron chi connectivity index (χ3n) is 6.39. The molecule has 1 aromatic rings. The van der Waals surface area contributed by atoms with Gasteiger partial charge in [0.05, 0.1) is 6.61 Å². The van der Waals surface area contributed by atoms with Gasteiger partial charge < -0.3 is 15.4 Å². The monoisotopic (exact) mass is 401 g/mol. The van der Waals surface area contributed by atoms with Crippen LogP contribution in [0.2, 0.25) is 0 Å². The van der Waals surface area contributed by atoms with Crippen molar-refractivity contribution in [3.8, 4) is 0 Å². The van der Waals surface area contributed by atoms with E-state index in [-0.39, 0.29) is 0 Å². The summed E-state index contributed by atoms with van der Waals surface area (Å²) in [5.41, 5.74) is 1.40. The van der Waals surface area contributed by atoms with Crippen LogP contribution in [0.3, 0.4) is 0 Å². The molecule has 29 heavy (non-hydrogen) atoms. The Morgan fingerprint density at radius 2 is 2.00 bits per heavy atom. The fourth-order valence-electron chi connectivity index (χ4n) is 4.64. The van der Waals surface area contributed by atoms with Crippen LogP contribution in [0.25, 0.3) is 0 Å². The predicted octanol–water partition coefficient (Wildman–Crippen LogP) is 2.32. The Hall–Kier alpha value is -1.63. The van der Waals surface area contributed by atoms with Crippen LogP contribution >= 0.6 is 0 Å². The molecule has 3 rings (SSSR count). The second kappa shape index (κ2) is 11.5. The van der Waals surface area contributed by atoms with Crippen molar-refractivity contribution >= 4 is 5.96 Å². The molecule has 0 saturated carbocycles. The normalized spacial score (nSPS) is 26.6. The Balaban J connectivity index is 1.42. The molecular formula is C23H39N5O. The number of likely N-dealkylation sites (tertiary alicyclic amines) is 2. The second-order valence-corrected chi connectivity index (χ2v) is 8.45. The molecule has 0 radical (unpaired) electrons. The predicted molar refractivity (Wildman–Crippen MR) is 120 cm³/mol. The molecule has 6 nitrogen and oxygen atoms in total. The third kappa shape index (κ3) is 6.69. The summed E-state index contributed by atoms with van der Waals surface area (Å²) in [6, 6.07) is 12.4. The first-order valence-corrected chi connectivity index (χ1v) is 11.2. The van der Waals surface area contributed by atoms with E-state index in [0.717, 1.165) is 51.6 Å². The van der Waals surface area contributed by atoms with Gasteiger partial charge in [0.15, 0.2) is 5.96 Å². The largest absolute Gasteiger partial charge is 0.383 e. The number of rotatable bonds is 8. The van der Waals surface area contributed by atoms with E-state index in [1.165, 1.54) is 24.9 Å². The minimum atomic E-state index is 0.483. The number of nitrogens with zero attached hydrogens (tertiary/aromatic N) is 3. The molecular weight excluding hydrogens is 362 g/mol. The first-order chi connectivity index (χ1) is 14.2. The zero-order chi connectivity index (χ0) is 20.5. The fraction of sp³-hybridized carbons (Fsp3) is 0.696. The van der Waals surface area contributed by atoms with E-state index in [0.29, 0.717) is 18.1 Å². The van der Waals surface area contributed by atoms with Crippen LogP contribution in [0.1, 0.15) is 38.2 Å². The molecule has 2 aliphatic rings. The van der Waals surface area contributed by atoms with Gasteiger partial charge in [-0.05, 0) is 44.7 Å². The SMILES string of the molecule is CN=C(NCC1CCCN1CCOC)NC1CCN(Cc2ccccc2)C(C)C1. The van der Waals surface area contributed by atoms with E-state index in [4.69, 9.17) is 4.74 Å². The van der Waals surface area contributed by atoms with Gasteiger partial charge in [0.25, 0.3) is 0 Å². The van der Waals surface area contributed by atoms with Gasteiger partial charge >= 0.3 is 0 Å². The van der Waals surface area contributed by atoms with Crippen molar-refractivity contribution in [3.05, 3.63) is 35.9 Å². The number of ether oxygens (including phenoxy) is 1. The summed E-state index contributed by atoms with van der Waals surface area (Å²) >= 11 is 0. The van der Waals surface area contributed by atoms with Gasteiger partial charge in [0.1, 0.15) is 0 Å². The smallest absolute Gasteiger partial charge is 0.191 e. The number of methoxy groups -OCH3 is 1. The number of guanidine groups is 1. The Morgan fingerprint density at radius 3 is 2.72 bits per heavy atom. The van der Waals surface area contributed by atoms with Crippen molar-refractivity contribution in [2.75, 3.05) is 46.9 Å². The molecule has 0 amide bonds. The molecule has 2 saturated heterocycles. The Morgan fingerprint density at radius 1 is 1.17 bits per heavy atom. The van der Waals surface area contributed by atoms with E-state index in [2.05, 4.69) is 62.7 Å². The highest BCUT2D eigenvalue weighted by Crippen LogP contribution is 2.20. The molecule has 2 heterocycles. The molecule has 0 spiro atoms. The summed E-state index contributed by atoms with van der Waals surface area (Å²) in [6.45, 7) is 8.47. The van der Waals surface area contributed by atoms with Crippen molar-refractivity contribution in [1.29, 1.82) is 0 Å². The third-order valence-corrected chi connectivity index (χ3v) is 6.39. The van der Waals surface area contributed by atoms with Gasteiger partial charge in [0, 0.05) is 58.5 Å². The van der Waals surface area contributed by atoms with E-state index >= 15 is 0 Å². The molecule has 2 fully saturated rings. The molecule has 162 valence electrons. The molecule has 0 aliphatic carbocycles. The maximum absolute atomic E-state index is 5.25. The van der Waals surface area contributed by atoms with E-state index < -0.39 is 0 Å². The Kier molecular flexibility index (Phi) is 8.77. The zero-order valence-electron chi connectivity index (χ0n) is 18.4. The first-order valence-electron chi connectivity index (χ1n) is 11.2. The number of hydrogen-bond donors (Lipinski definition) is 2.